The highest BCUT2D eigenvalue weighted by molar-refractivity contribution is 7.94. The Kier molecular flexibility index (Phi) is 4.36. The number of nitrogens with zero attached hydrogens (tertiary/aromatic N) is 1. The topological polar surface area (TPSA) is 49.4 Å². The van der Waals surface area contributed by atoms with Crippen LogP contribution in [0.1, 0.15) is 51.3 Å². The van der Waals surface area contributed by atoms with Gasteiger partial charge in [0.05, 0.1) is 10.4 Å². The molecule has 1 unspecified atom stereocenters. The number of hydrogen-bond donors (Lipinski definition) is 1. The molecule has 0 aromatic heterocycles. The lowest BCUT2D eigenvalue weighted by Crippen LogP contribution is -2.45. The lowest BCUT2D eigenvalue weighted by molar-refractivity contribution is 0.551. The van der Waals surface area contributed by atoms with Crippen molar-refractivity contribution in [2.24, 2.45) is 0 Å². The summed E-state index contributed by atoms with van der Waals surface area (Å²) in [6.45, 7) is 7.96. The van der Waals surface area contributed by atoms with Crippen LogP contribution in [0.15, 0.2) is 18.2 Å². The summed E-state index contributed by atoms with van der Waals surface area (Å²) in [6, 6.07) is 6.39. The first kappa shape index (κ1) is 16.3. The number of anilines is 1. The fourth-order valence-corrected chi connectivity index (χ4v) is 4.07. The molecule has 0 saturated heterocycles. The van der Waals surface area contributed by atoms with Gasteiger partial charge in [-0.15, -0.1) is 0 Å². The van der Waals surface area contributed by atoms with E-state index in [4.69, 9.17) is 0 Å². The molecule has 5 heteroatoms. The van der Waals surface area contributed by atoms with Gasteiger partial charge in [0.15, 0.2) is 0 Å². The molecule has 1 aliphatic rings. The van der Waals surface area contributed by atoms with Gasteiger partial charge >= 0.3 is 0 Å². The first-order valence-corrected chi connectivity index (χ1v) is 8.95. The van der Waals surface area contributed by atoms with Crippen molar-refractivity contribution in [2.75, 3.05) is 17.9 Å². The Hall–Kier alpha value is -1.07. The van der Waals surface area contributed by atoms with E-state index in [0.29, 0.717) is 6.54 Å². The van der Waals surface area contributed by atoms with Crippen LogP contribution in [0, 0.1) is 0 Å². The Bertz CT molecular complexity index is 618. The van der Waals surface area contributed by atoms with Gasteiger partial charge in [-0.2, -0.15) is 0 Å². The Morgan fingerprint density at radius 3 is 2.52 bits per heavy atom. The summed E-state index contributed by atoms with van der Waals surface area (Å²) in [4.78, 5) is 0. The Labute approximate surface area is 128 Å². The maximum absolute atomic E-state index is 12.8. The normalized spacial score (nSPS) is 17.5. The predicted molar refractivity (Wildman–Crippen MR) is 88.3 cm³/mol. The number of rotatable bonds is 3. The van der Waals surface area contributed by atoms with Crippen LogP contribution < -0.4 is 9.62 Å². The van der Waals surface area contributed by atoms with Gasteiger partial charge in [0.25, 0.3) is 0 Å². The molecule has 0 fully saturated rings. The van der Waals surface area contributed by atoms with Crippen molar-refractivity contribution >= 4 is 15.7 Å². The second kappa shape index (κ2) is 5.61. The van der Waals surface area contributed by atoms with E-state index in [0.717, 1.165) is 24.1 Å². The van der Waals surface area contributed by atoms with Crippen molar-refractivity contribution in [3.63, 3.8) is 0 Å². The molecule has 4 nitrogen and oxygen atoms in total. The predicted octanol–water partition coefficient (Wildman–Crippen LogP) is 2.85. The summed E-state index contributed by atoms with van der Waals surface area (Å²) in [5.74, 6) is 0. The average Bonchev–Trinajstić information content (AvgIpc) is 2.43. The molecule has 1 aliphatic heterocycles. The van der Waals surface area contributed by atoms with Crippen LogP contribution in [0.2, 0.25) is 0 Å². The molecule has 2 rings (SSSR count). The van der Waals surface area contributed by atoms with Gasteiger partial charge in [-0.25, -0.2) is 8.42 Å². The molecular weight excluding hydrogens is 284 g/mol. The van der Waals surface area contributed by atoms with Crippen LogP contribution in [0.5, 0.6) is 0 Å². The molecule has 0 bridgehead atoms. The van der Waals surface area contributed by atoms with Crippen molar-refractivity contribution in [2.45, 2.75) is 51.3 Å². The minimum absolute atomic E-state index is 0.268. The first-order chi connectivity index (χ1) is 9.68. The highest BCUT2D eigenvalue weighted by atomic mass is 32.2. The van der Waals surface area contributed by atoms with Crippen LogP contribution in [0.4, 0.5) is 5.69 Å². The highest BCUT2D eigenvalue weighted by Gasteiger charge is 2.37. The van der Waals surface area contributed by atoms with Gasteiger partial charge in [-0.3, -0.25) is 4.31 Å². The number of aryl methyl sites for hydroxylation is 1. The Morgan fingerprint density at radius 1 is 1.29 bits per heavy atom. The minimum Gasteiger partial charge on any atom is -0.313 e. The molecule has 0 saturated carbocycles. The zero-order valence-electron chi connectivity index (χ0n) is 13.6. The summed E-state index contributed by atoms with van der Waals surface area (Å²) in [6.07, 6.45) is 1.81. The summed E-state index contributed by atoms with van der Waals surface area (Å²) in [5.41, 5.74) is 3.18. The average molecular weight is 310 g/mol. The van der Waals surface area contributed by atoms with Crippen molar-refractivity contribution < 1.29 is 8.42 Å². The molecule has 1 atom stereocenters. The van der Waals surface area contributed by atoms with Gasteiger partial charge in [0.1, 0.15) is 0 Å². The third kappa shape index (κ3) is 2.94. The molecular formula is C16H26N2O2S. The fraction of sp³-hybridized carbons (Fsp3) is 0.625. The third-order valence-corrected chi connectivity index (χ3v) is 6.68. The standard InChI is InChI=1S/C16H26N2O2S/c1-12(17-5)13-8-9-15-14(11-13)7-6-10-18(15)21(19,20)16(2,3)4/h8-9,11-12,17H,6-7,10H2,1-5H3. The SMILES string of the molecule is CNC(C)c1ccc2c(c1)CCCN2S(=O)(=O)C(C)(C)C. The number of hydrogen-bond acceptors (Lipinski definition) is 3. The molecule has 21 heavy (non-hydrogen) atoms. The highest BCUT2D eigenvalue weighted by Crippen LogP contribution is 2.34. The van der Waals surface area contributed by atoms with Crippen LogP contribution >= 0.6 is 0 Å². The Balaban J connectivity index is 2.46. The molecule has 0 radical (unpaired) electrons. The van der Waals surface area contributed by atoms with Gasteiger partial charge in [-0.05, 0) is 64.8 Å². The van der Waals surface area contributed by atoms with Crippen molar-refractivity contribution in [1.29, 1.82) is 0 Å². The molecule has 118 valence electrons. The molecule has 0 aliphatic carbocycles. The van der Waals surface area contributed by atoms with Gasteiger partial charge < -0.3 is 5.32 Å². The van der Waals surface area contributed by atoms with E-state index in [1.165, 1.54) is 5.56 Å². The number of nitrogens with one attached hydrogen (secondary N) is 1. The van der Waals surface area contributed by atoms with Crippen molar-refractivity contribution in [3.8, 4) is 0 Å². The van der Waals surface area contributed by atoms with E-state index in [1.807, 2.05) is 19.2 Å². The van der Waals surface area contributed by atoms with Crippen LogP contribution in [-0.4, -0.2) is 26.8 Å². The molecule has 0 amide bonds. The van der Waals surface area contributed by atoms with Crippen molar-refractivity contribution in [3.05, 3.63) is 29.3 Å². The maximum atomic E-state index is 12.8. The lowest BCUT2D eigenvalue weighted by Gasteiger charge is -2.35. The van der Waals surface area contributed by atoms with E-state index in [9.17, 15) is 8.42 Å². The number of fused-ring (bicyclic) bond motifs is 1. The molecule has 0 spiro atoms. The van der Waals surface area contributed by atoms with Crippen LogP contribution in [0.3, 0.4) is 0 Å². The summed E-state index contributed by atoms with van der Waals surface area (Å²) in [5, 5.41) is 3.22. The molecule has 1 heterocycles. The Morgan fingerprint density at radius 2 is 1.95 bits per heavy atom. The second-order valence-corrected chi connectivity index (χ2v) is 9.31. The third-order valence-electron chi connectivity index (χ3n) is 4.18. The van der Waals surface area contributed by atoms with Crippen LogP contribution in [-0.2, 0) is 16.4 Å². The summed E-state index contributed by atoms with van der Waals surface area (Å²) < 4.78 is 26.3. The zero-order chi connectivity index (χ0) is 15.8. The second-order valence-electron chi connectivity index (χ2n) is 6.69. The summed E-state index contributed by atoms with van der Waals surface area (Å²) >= 11 is 0. The molecule has 1 aromatic carbocycles. The van der Waals surface area contributed by atoms with E-state index in [1.54, 1.807) is 25.1 Å². The maximum Gasteiger partial charge on any atom is 0.240 e. The first-order valence-electron chi connectivity index (χ1n) is 7.51. The molecule has 1 N–H and O–H groups in total. The number of sulfonamides is 1. The largest absolute Gasteiger partial charge is 0.313 e. The van der Waals surface area contributed by atoms with Crippen LogP contribution in [0.25, 0.3) is 0 Å². The lowest BCUT2D eigenvalue weighted by atomic mass is 9.98. The smallest absolute Gasteiger partial charge is 0.240 e. The van der Waals surface area contributed by atoms with Gasteiger partial charge in [0.2, 0.25) is 10.0 Å². The van der Waals surface area contributed by atoms with Crippen molar-refractivity contribution in [1.82, 2.24) is 5.32 Å². The fourth-order valence-electron chi connectivity index (χ4n) is 2.60. The number of benzene rings is 1. The quantitative estimate of drug-likeness (QED) is 0.934. The minimum atomic E-state index is -3.33. The molecule has 1 aromatic rings. The monoisotopic (exact) mass is 310 g/mol. The van der Waals surface area contributed by atoms with Gasteiger partial charge in [-0.1, -0.05) is 12.1 Å². The van der Waals surface area contributed by atoms with E-state index >= 15 is 0 Å². The zero-order valence-corrected chi connectivity index (χ0v) is 14.4. The van der Waals surface area contributed by atoms with E-state index in [-0.39, 0.29) is 6.04 Å². The van der Waals surface area contributed by atoms with E-state index in [2.05, 4.69) is 18.3 Å². The van der Waals surface area contributed by atoms with Gasteiger partial charge in [0, 0.05) is 12.6 Å². The summed E-state index contributed by atoms with van der Waals surface area (Å²) in [7, 11) is -1.40. The van der Waals surface area contributed by atoms with E-state index < -0.39 is 14.8 Å².